The number of piperazine rings is 1. The number of nitrogens with zero attached hydrogens (tertiary/aromatic N) is 2. The lowest BCUT2D eigenvalue weighted by Crippen LogP contribution is -2.44. The van der Waals surface area contributed by atoms with Crippen LogP contribution in [0.1, 0.15) is 32.1 Å². The number of piperidine rings is 1. The molecule has 0 spiro atoms. The fourth-order valence-corrected chi connectivity index (χ4v) is 2.44. The molecule has 2 fully saturated rings. The highest BCUT2D eigenvalue weighted by atomic mass is 16.2. The van der Waals surface area contributed by atoms with Crippen LogP contribution in [-0.4, -0.2) is 49.6 Å². The van der Waals surface area contributed by atoms with Gasteiger partial charge in [0.2, 0.25) is 5.91 Å². The number of carbonyl (C=O) groups excluding carboxylic acids is 1. The lowest BCUT2D eigenvalue weighted by Gasteiger charge is -2.28. The van der Waals surface area contributed by atoms with Crippen LogP contribution in [0.5, 0.6) is 0 Å². The van der Waals surface area contributed by atoms with E-state index < -0.39 is 0 Å². The molecule has 1 atom stereocenters. The number of rotatable bonds is 3. The van der Waals surface area contributed by atoms with E-state index in [0.717, 1.165) is 39.1 Å². The molecular weight excluding hydrogens is 202 g/mol. The van der Waals surface area contributed by atoms with Gasteiger partial charge in [-0.1, -0.05) is 0 Å². The maximum Gasteiger partial charge on any atom is 0.222 e. The Hall–Kier alpha value is -0.610. The monoisotopic (exact) mass is 224 g/mol. The molecule has 2 saturated heterocycles. The van der Waals surface area contributed by atoms with Gasteiger partial charge in [-0.2, -0.15) is 0 Å². The molecule has 0 aromatic heterocycles. The fraction of sp³-hybridized carbons (Fsp3) is 0.917. The highest BCUT2D eigenvalue weighted by Crippen LogP contribution is 2.11. The summed E-state index contributed by atoms with van der Waals surface area (Å²) in [4.78, 5) is 13.9. The largest absolute Gasteiger partial charge is 0.343 e. The smallest absolute Gasteiger partial charge is 0.222 e. The van der Waals surface area contributed by atoms with Crippen molar-refractivity contribution in [1.82, 2.24) is 15.5 Å². The predicted octanol–water partition coefficient (Wildman–Crippen LogP) is 0.355. The van der Waals surface area contributed by atoms with E-state index in [1.54, 1.807) is 0 Å². The molecule has 0 aromatic carbocycles. The van der Waals surface area contributed by atoms with Crippen molar-refractivity contribution < 1.29 is 4.79 Å². The maximum absolute atomic E-state index is 11.9. The van der Waals surface area contributed by atoms with Gasteiger partial charge in [0, 0.05) is 45.2 Å². The summed E-state index contributed by atoms with van der Waals surface area (Å²) in [7, 11) is 0. The minimum atomic E-state index is 0.334. The van der Waals surface area contributed by atoms with Gasteiger partial charge < -0.3 is 10.2 Å². The molecule has 2 aliphatic heterocycles. The first-order chi connectivity index (χ1) is 7.86. The quantitative estimate of drug-likeness (QED) is 0.752. The minimum Gasteiger partial charge on any atom is -0.343 e. The second kappa shape index (κ2) is 6.21. The molecule has 91 valence electrons. The summed E-state index contributed by atoms with van der Waals surface area (Å²) in [5, 5.41) is 7.83. The van der Waals surface area contributed by atoms with Crippen LogP contribution in [0.15, 0.2) is 0 Å². The van der Waals surface area contributed by atoms with E-state index >= 15 is 0 Å². The van der Waals surface area contributed by atoms with Gasteiger partial charge in [-0.05, 0) is 25.7 Å². The maximum atomic E-state index is 11.9. The Balaban J connectivity index is 1.65. The molecule has 4 heteroatoms. The number of carbonyl (C=O) groups is 1. The third-order valence-corrected chi connectivity index (χ3v) is 3.46. The normalized spacial score (nSPS) is 26.8. The minimum absolute atomic E-state index is 0.334. The number of hydrogen-bond donors (Lipinski definition) is 1. The van der Waals surface area contributed by atoms with E-state index in [-0.39, 0.29) is 0 Å². The van der Waals surface area contributed by atoms with Gasteiger partial charge in [0.05, 0.1) is 0 Å². The average molecular weight is 224 g/mol. The van der Waals surface area contributed by atoms with Gasteiger partial charge in [-0.3, -0.25) is 4.79 Å². The van der Waals surface area contributed by atoms with Crippen molar-refractivity contribution in [1.29, 1.82) is 0 Å². The van der Waals surface area contributed by atoms with Crippen LogP contribution in [0.3, 0.4) is 0 Å². The van der Waals surface area contributed by atoms with Crippen molar-refractivity contribution in [2.45, 2.75) is 38.1 Å². The van der Waals surface area contributed by atoms with E-state index in [0.29, 0.717) is 18.4 Å². The van der Waals surface area contributed by atoms with E-state index in [1.165, 1.54) is 19.3 Å². The van der Waals surface area contributed by atoms with Crippen molar-refractivity contribution in [3.8, 4) is 0 Å². The first kappa shape index (κ1) is 11.9. The highest BCUT2D eigenvalue weighted by Gasteiger charge is 2.19. The van der Waals surface area contributed by atoms with Crippen molar-refractivity contribution in [3.63, 3.8) is 0 Å². The Morgan fingerprint density at radius 2 is 2.12 bits per heavy atom. The van der Waals surface area contributed by atoms with Gasteiger partial charge in [0.25, 0.3) is 0 Å². The molecular formula is C12H22N3O. The third-order valence-electron chi connectivity index (χ3n) is 3.46. The molecule has 0 aliphatic carbocycles. The Morgan fingerprint density at radius 1 is 1.31 bits per heavy atom. The van der Waals surface area contributed by atoms with E-state index in [4.69, 9.17) is 0 Å². The number of amides is 1. The molecule has 2 heterocycles. The lowest BCUT2D eigenvalue weighted by atomic mass is 10.1. The van der Waals surface area contributed by atoms with Gasteiger partial charge in [-0.15, -0.1) is 0 Å². The molecule has 0 aromatic rings. The second-order valence-electron chi connectivity index (χ2n) is 4.74. The van der Waals surface area contributed by atoms with Crippen molar-refractivity contribution in [3.05, 3.63) is 0 Å². The first-order valence-corrected chi connectivity index (χ1v) is 6.51. The average Bonchev–Trinajstić information content (AvgIpc) is 2.38. The number of likely N-dealkylation sites (tertiary alicyclic amines) is 1. The van der Waals surface area contributed by atoms with Gasteiger partial charge in [0.15, 0.2) is 0 Å². The SMILES string of the molecule is O=C(CCC1CNCC[N]1)N1CCCCC1. The fourth-order valence-electron chi connectivity index (χ4n) is 2.44. The molecule has 2 rings (SSSR count). The van der Waals surface area contributed by atoms with Gasteiger partial charge in [-0.25, -0.2) is 5.32 Å². The Morgan fingerprint density at radius 3 is 2.81 bits per heavy atom. The zero-order valence-electron chi connectivity index (χ0n) is 9.95. The standard InChI is InChI=1S/C12H22N3O/c16-12(15-8-2-1-3-9-15)5-4-11-10-13-6-7-14-11/h11,13H,1-10H2. The van der Waals surface area contributed by atoms with Crippen LogP contribution in [0.4, 0.5) is 0 Å². The zero-order valence-corrected chi connectivity index (χ0v) is 9.95. The van der Waals surface area contributed by atoms with E-state index in [2.05, 4.69) is 10.6 Å². The van der Waals surface area contributed by atoms with Crippen molar-refractivity contribution >= 4 is 5.91 Å². The predicted molar refractivity (Wildman–Crippen MR) is 63.3 cm³/mol. The van der Waals surface area contributed by atoms with Crippen LogP contribution in [0.2, 0.25) is 0 Å². The molecule has 2 aliphatic rings. The van der Waals surface area contributed by atoms with Crippen LogP contribution in [0.25, 0.3) is 0 Å². The van der Waals surface area contributed by atoms with Crippen LogP contribution < -0.4 is 10.6 Å². The Labute approximate surface area is 97.8 Å². The second-order valence-corrected chi connectivity index (χ2v) is 4.74. The summed E-state index contributed by atoms with van der Waals surface area (Å²) in [6.07, 6.45) is 5.24. The van der Waals surface area contributed by atoms with E-state index in [1.807, 2.05) is 4.90 Å². The molecule has 1 unspecified atom stereocenters. The van der Waals surface area contributed by atoms with Gasteiger partial charge >= 0.3 is 0 Å². The summed E-state index contributed by atoms with van der Waals surface area (Å²) in [5.41, 5.74) is 0. The zero-order chi connectivity index (χ0) is 11.2. The molecule has 1 amide bonds. The van der Waals surface area contributed by atoms with Crippen molar-refractivity contribution in [2.75, 3.05) is 32.7 Å². The molecule has 0 saturated carbocycles. The Bertz CT molecular complexity index is 220. The lowest BCUT2D eigenvalue weighted by molar-refractivity contribution is -0.132. The summed E-state index contributed by atoms with van der Waals surface area (Å²) in [5.74, 6) is 0.334. The summed E-state index contributed by atoms with van der Waals surface area (Å²) in [6.45, 7) is 4.80. The van der Waals surface area contributed by atoms with Crippen molar-refractivity contribution in [2.24, 2.45) is 0 Å². The summed E-state index contributed by atoms with van der Waals surface area (Å²) < 4.78 is 0. The number of nitrogens with one attached hydrogen (secondary N) is 1. The summed E-state index contributed by atoms with van der Waals surface area (Å²) >= 11 is 0. The summed E-state index contributed by atoms with van der Waals surface area (Å²) in [6, 6.07) is 0.363. The topological polar surface area (TPSA) is 46.4 Å². The number of hydrogen-bond acceptors (Lipinski definition) is 2. The van der Waals surface area contributed by atoms with Crippen LogP contribution in [0, 0.1) is 0 Å². The Kier molecular flexibility index (Phi) is 4.60. The highest BCUT2D eigenvalue weighted by molar-refractivity contribution is 5.76. The third kappa shape index (κ3) is 3.46. The van der Waals surface area contributed by atoms with Crippen LogP contribution >= 0.6 is 0 Å². The molecule has 16 heavy (non-hydrogen) atoms. The molecule has 0 bridgehead atoms. The molecule has 1 radical (unpaired) electrons. The van der Waals surface area contributed by atoms with Gasteiger partial charge in [0.1, 0.15) is 0 Å². The van der Waals surface area contributed by atoms with Crippen LogP contribution in [-0.2, 0) is 4.79 Å². The van der Waals surface area contributed by atoms with E-state index in [9.17, 15) is 4.79 Å². The molecule has 1 N–H and O–H groups in total. The molecule has 4 nitrogen and oxygen atoms in total. The first-order valence-electron chi connectivity index (χ1n) is 6.51.